The van der Waals surface area contributed by atoms with Gasteiger partial charge in [0.05, 0.1) is 27.5 Å². The molecule has 34 heavy (non-hydrogen) atoms. The molecule has 2 N–H and O–H groups in total. The molecule has 0 heterocycles. The maximum absolute atomic E-state index is 13.0. The van der Waals surface area contributed by atoms with E-state index in [0.717, 1.165) is 14.6 Å². The SMILES string of the molecule is O=C(Nc1ccc(Br)cc1)c1cc(Br)ccc1NS(=O)c1ccc(N=Nc2ccccc2)cc1. The Balaban J connectivity index is 1.48. The standard InChI is InChI=1S/C25H18Br2N4O2S/c26-17-6-9-19(10-7-17)28-25(32)23-16-18(27)8-15-24(23)31-34(33)22-13-11-21(12-14-22)30-29-20-4-2-1-3-5-20/h1-16,31H,(H,28,32). The Hall–Kier alpha value is -3.14. The molecule has 0 aliphatic carbocycles. The topological polar surface area (TPSA) is 82.9 Å². The van der Waals surface area contributed by atoms with E-state index >= 15 is 0 Å². The number of halogens is 2. The van der Waals surface area contributed by atoms with Crippen LogP contribution in [-0.4, -0.2) is 10.1 Å². The predicted molar refractivity (Wildman–Crippen MR) is 143 cm³/mol. The molecule has 0 saturated heterocycles. The number of carbonyl (C=O) groups excluding carboxylic acids is 1. The molecule has 1 atom stereocenters. The molecule has 0 aromatic heterocycles. The number of rotatable bonds is 7. The molecule has 1 amide bonds. The highest BCUT2D eigenvalue weighted by Gasteiger charge is 2.15. The Bertz CT molecular complexity index is 1350. The Kier molecular flexibility index (Phi) is 7.99. The molecule has 6 nitrogen and oxygen atoms in total. The smallest absolute Gasteiger partial charge is 0.257 e. The van der Waals surface area contributed by atoms with E-state index in [9.17, 15) is 9.00 Å². The second kappa shape index (κ2) is 11.3. The van der Waals surface area contributed by atoms with Gasteiger partial charge in [0.2, 0.25) is 0 Å². The van der Waals surface area contributed by atoms with Crippen molar-refractivity contribution in [3.8, 4) is 0 Å². The van der Waals surface area contributed by atoms with Crippen LogP contribution in [0.3, 0.4) is 0 Å². The Morgan fingerprint density at radius 3 is 2.03 bits per heavy atom. The van der Waals surface area contributed by atoms with Crippen molar-refractivity contribution < 1.29 is 9.00 Å². The lowest BCUT2D eigenvalue weighted by Gasteiger charge is -2.13. The zero-order valence-electron chi connectivity index (χ0n) is 17.6. The minimum Gasteiger partial charge on any atom is -0.322 e. The van der Waals surface area contributed by atoms with Crippen LogP contribution in [0.4, 0.5) is 22.7 Å². The highest BCUT2D eigenvalue weighted by molar-refractivity contribution is 9.10. The number of benzene rings is 4. The quantitative estimate of drug-likeness (QED) is 0.211. The Labute approximate surface area is 216 Å². The Morgan fingerprint density at radius 1 is 0.735 bits per heavy atom. The average molecular weight is 598 g/mol. The van der Waals surface area contributed by atoms with E-state index in [1.807, 2.05) is 42.5 Å². The van der Waals surface area contributed by atoms with Crippen LogP contribution in [0.5, 0.6) is 0 Å². The number of nitrogens with zero attached hydrogens (tertiary/aromatic N) is 2. The van der Waals surface area contributed by atoms with Crippen molar-refractivity contribution >= 4 is 71.5 Å². The summed E-state index contributed by atoms with van der Waals surface area (Å²) in [5.74, 6) is -0.320. The maximum atomic E-state index is 13.0. The fourth-order valence-electron chi connectivity index (χ4n) is 2.93. The summed E-state index contributed by atoms with van der Waals surface area (Å²) in [6, 6.07) is 28.8. The first-order valence-electron chi connectivity index (χ1n) is 10.1. The van der Waals surface area contributed by atoms with Crippen LogP contribution in [0.15, 0.2) is 121 Å². The van der Waals surface area contributed by atoms with Crippen LogP contribution in [0.1, 0.15) is 10.4 Å². The van der Waals surface area contributed by atoms with Crippen molar-refractivity contribution in [2.75, 3.05) is 10.0 Å². The van der Waals surface area contributed by atoms with Gasteiger partial charge in [0.1, 0.15) is 11.0 Å². The lowest BCUT2D eigenvalue weighted by Crippen LogP contribution is -2.16. The molecule has 0 bridgehead atoms. The van der Waals surface area contributed by atoms with Crippen molar-refractivity contribution in [1.29, 1.82) is 0 Å². The van der Waals surface area contributed by atoms with Gasteiger partial charge >= 0.3 is 0 Å². The van der Waals surface area contributed by atoms with Gasteiger partial charge in [0, 0.05) is 14.6 Å². The summed E-state index contributed by atoms with van der Waals surface area (Å²) in [5, 5.41) is 11.2. The van der Waals surface area contributed by atoms with Gasteiger partial charge in [-0.25, -0.2) is 4.21 Å². The summed E-state index contributed by atoms with van der Waals surface area (Å²) in [6.45, 7) is 0. The Morgan fingerprint density at radius 2 is 1.35 bits per heavy atom. The van der Waals surface area contributed by atoms with E-state index in [2.05, 4.69) is 52.1 Å². The third kappa shape index (κ3) is 6.47. The van der Waals surface area contributed by atoms with Gasteiger partial charge in [-0.1, -0.05) is 50.1 Å². The third-order valence-electron chi connectivity index (χ3n) is 4.62. The molecular weight excluding hydrogens is 580 g/mol. The number of hydrogen-bond acceptors (Lipinski definition) is 4. The molecule has 0 fully saturated rings. The van der Waals surface area contributed by atoms with Crippen LogP contribution in [0.2, 0.25) is 0 Å². The zero-order chi connectivity index (χ0) is 23.9. The van der Waals surface area contributed by atoms with Crippen LogP contribution in [0.25, 0.3) is 0 Å². The molecule has 4 aromatic carbocycles. The van der Waals surface area contributed by atoms with E-state index in [-0.39, 0.29) is 5.91 Å². The van der Waals surface area contributed by atoms with Gasteiger partial charge in [-0.2, -0.15) is 10.2 Å². The van der Waals surface area contributed by atoms with Gasteiger partial charge in [-0.05, 0) is 78.9 Å². The summed E-state index contributed by atoms with van der Waals surface area (Å²) < 4.78 is 17.5. The van der Waals surface area contributed by atoms with E-state index in [1.165, 1.54) is 0 Å². The van der Waals surface area contributed by atoms with Crippen molar-refractivity contribution in [2.45, 2.75) is 4.90 Å². The fraction of sp³-hybridized carbons (Fsp3) is 0. The van der Waals surface area contributed by atoms with Gasteiger partial charge < -0.3 is 10.0 Å². The first-order valence-corrected chi connectivity index (χ1v) is 12.8. The van der Waals surface area contributed by atoms with Gasteiger partial charge in [-0.15, -0.1) is 0 Å². The minimum absolute atomic E-state index is 0.320. The number of nitrogens with one attached hydrogen (secondary N) is 2. The van der Waals surface area contributed by atoms with Gasteiger partial charge in [0.25, 0.3) is 5.91 Å². The lowest BCUT2D eigenvalue weighted by atomic mass is 10.1. The van der Waals surface area contributed by atoms with E-state index in [0.29, 0.717) is 27.5 Å². The summed E-state index contributed by atoms with van der Waals surface area (Å²) >= 11 is 6.78. The number of carbonyl (C=O) groups is 1. The first-order chi connectivity index (χ1) is 16.5. The molecule has 4 rings (SSSR count). The summed E-state index contributed by atoms with van der Waals surface area (Å²) in [7, 11) is -1.59. The minimum atomic E-state index is -1.59. The second-order valence-electron chi connectivity index (χ2n) is 7.05. The maximum Gasteiger partial charge on any atom is 0.257 e. The molecule has 4 aromatic rings. The fourth-order valence-corrected chi connectivity index (χ4v) is 4.43. The summed E-state index contributed by atoms with van der Waals surface area (Å²) in [5.41, 5.74) is 2.85. The monoisotopic (exact) mass is 596 g/mol. The van der Waals surface area contributed by atoms with E-state index in [4.69, 9.17) is 0 Å². The largest absolute Gasteiger partial charge is 0.322 e. The molecule has 170 valence electrons. The summed E-state index contributed by atoms with van der Waals surface area (Å²) in [6.07, 6.45) is 0. The second-order valence-corrected chi connectivity index (χ2v) is 10.1. The van der Waals surface area contributed by atoms with E-state index < -0.39 is 11.0 Å². The number of azo groups is 1. The predicted octanol–water partition coefficient (Wildman–Crippen LogP) is 8.01. The van der Waals surface area contributed by atoms with Crippen LogP contribution in [0, 0.1) is 0 Å². The van der Waals surface area contributed by atoms with Crippen molar-refractivity contribution in [1.82, 2.24) is 0 Å². The highest BCUT2D eigenvalue weighted by atomic mass is 79.9. The zero-order valence-corrected chi connectivity index (χ0v) is 21.6. The third-order valence-corrected chi connectivity index (χ3v) is 6.75. The number of amides is 1. The van der Waals surface area contributed by atoms with E-state index in [1.54, 1.807) is 54.6 Å². The molecule has 0 saturated carbocycles. The first kappa shape index (κ1) is 24.0. The van der Waals surface area contributed by atoms with Crippen molar-refractivity contribution in [3.63, 3.8) is 0 Å². The molecule has 9 heteroatoms. The highest BCUT2D eigenvalue weighted by Crippen LogP contribution is 2.25. The molecule has 0 spiro atoms. The van der Waals surface area contributed by atoms with Crippen LogP contribution in [-0.2, 0) is 11.0 Å². The normalized spacial score (nSPS) is 11.8. The van der Waals surface area contributed by atoms with Crippen molar-refractivity contribution in [3.05, 3.63) is 112 Å². The molecule has 1 unspecified atom stereocenters. The molecule has 0 aliphatic heterocycles. The lowest BCUT2D eigenvalue weighted by molar-refractivity contribution is 0.102. The van der Waals surface area contributed by atoms with Gasteiger partial charge in [-0.3, -0.25) is 4.79 Å². The van der Waals surface area contributed by atoms with Gasteiger partial charge in [0.15, 0.2) is 0 Å². The number of hydrogen-bond donors (Lipinski definition) is 2. The average Bonchev–Trinajstić information content (AvgIpc) is 2.86. The van der Waals surface area contributed by atoms with Crippen LogP contribution >= 0.6 is 31.9 Å². The molecule has 0 aliphatic rings. The van der Waals surface area contributed by atoms with Crippen LogP contribution < -0.4 is 10.0 Å². The van der Waals surface area contributed by atoms with Crippen molar-refractivity contribution in [2.24, 2.45) is 10.2 Å². The summed E-state index contributed by atoms with van der Waals surface area (Å²) in [4.78, 5) is 13.5. The number of anilines is 2. The molecule has 0 radical (unpaired) electrons. The molecular formula is C25H18Br2N4O2S.